The van der Waals surface area contributed by atoms with Gasteiger partial charge in [-0.05, 0) is 30.5 Å². The van der Waals surface area contributed by atoms with Crippen molar-refractivity contribution < 1.29 is 19.1 Å². The Hall–Kier alpha value is -1.99. The largest absolute Gasteiger partial charge is 0.392 e. The minimum absolute atomic E-state index is 0.0172. The molecule has 6 nitrogen and oxygen atoms in total. The van der Waals surface area contributed by atoms with Gasteiger partial charge in [-0.25, -0.2) is 4.39 Å². The van der Waals surface area contributed by atoms with Gasteiger partial charge >= 0.3 is 0 Å². The van der Waals surface area contributed by atoms with Crippen molar-refractivity contribution in [3.8, 4) is 0 Å². The lowest BCUT2D eigenvalue weighted by molar-refractivity contribution is -0.127. The highest BCUT2D eigenvalue weighted by Crippen LogP contribution is 2.16. The van der Waals surface area contributed by atoms with Gasteiger partial charge in [0.25, 0.3) is 0 Å². The first-order valence-corrected chi connectivity index (χ1v) is 7.02. The zero-order chi connectivity index (χ0) is 16.9. The van der Waals surface area contributed by atoms with Crippen LogP contribution < -0.4 is 16.4 Å². The average molecular weight is 311 g/mol. The number of rotatable bonds is 6. The van der Waals surface area contributed by atoms with Gasteiger partial charge in [0, 0.05) is 0 Å². The average Bonchev–Trinajstić information content (AvgIpc) is 2.47. The number of aliphatic hydroxyl groups excluding tert-OH is 1. The summed E-state index contributed by atoms with van der Waals surface area (Å²) in [5, 5.41) is 13.8. The third-order valence-electron chi connectivity index (χ3n) is 3.25. The molecular weight excluding hydrogens is 289 g/mol. The maximum absolute atomic E-state index is 13.7. The number of carbonyl (C=O) groups excluding carboxylic acids is 2. The third kappa shape index (κ3) is 4.78. The van der Waals surface area contributed by atoms with Crippen LogP contribution in [-0.4, -0.2) is 29.0 Å². The van der Waals surface area contributed by atoms with E-state index in [4.69, 9.17) is 10.8 Å². The highest BCUT2D eigenvalue weighted by molar-refractivity contribution is 5.97. The normalized spacial score (nSPS) is 13.6. The molecule has 122 valence electrons. The molecule has 7 heteroatoms. The van der Waals surface area contributed by atoms with E-state index in [2.05, 4.69) is 10.6 Å². The van der Waals surface area contributed by atoms with Crippen molar-refractivity contribution in [3.63, 3.8) is 0 Å². The number of nitrogens with one attached hydrogen (secondary N) is 2. The van der Waals surface area contributed by atoms with Crippen LogP contribution in [0.1, 0.15) is 26.3 Å². The predicted molar refractivity (Wildman–Crippen MR) is 81.4 cm³/mol. The smallest absolute Gasteiger partial charge is 0.246 e. The standard InChI is InChI=1S/C15H22FN3O3/c1-8(2)13(17)15(22)18-9(3)14(21)19-12-5-4-10(7-20)6-11(12)16/h4-6,8-9,13,20H,7,17H2,1-3H3,(H,18,22)(H,19,21)/t9-,13-/m0/s1. The number of nitrogens with two attached hydrogens (primary N) is 1. The molecule has 1 aromatic rings. The van der Waals surface area contributed by atoms with Crippen molar-refractivity contribution >= 4 is 17.5 Å². The highest BCUT2D eigenvalue weighted by Gasteiger charge is 2.22. The van der Waals surface area contributed by atoms with E-state index in [1.54, 1.807) is 13.8 Å². The van der Waals surface area contributed by atoms with E-state index in [9.17, 15) is 14.0 Å². The van der Waals surface area contributed by atoms with Crippen LogP contribution in [0.4, 0.5) is 10.1 Å². The molecule has 0 radical (unpaired) electrons. The predicted octanol–water partition coefficient (Wildman–Crippen LogP) is 0.744. The molecule has 0 bridgehead atoms. The molecule has 0 fully saturated rings. The van der Waals surface area contributed by atoms with Crippen molar-refractivity contribution in [1.29, 1.82) is 0 Å². The lowest BCUT2D eigenvalue weighted by atomic mass is 10.0. The number of hydrogen-bond acceptors (Lipinski definition) is 4. The number of hydrogen-bond donors (Lipinski definition) is 4. The molecule has 0 aliphatic rings. The Balaban J connectivity index is 2.67. The monoisotopic (exact) mass is 311 g/mol. The third-order valence-corrected chi connectivity index (χ3v) is 3.25. The Bertz CT molecular complexity index is 549. The van der Waals surface area contributed by atoms with Crippen LogP contribution in [0.25, 0.3) is 0 Å². The fourth-order valence-electron chi connectivity index (χ4n) is 1.68. The van der Waals surface area contributed by atoms with Crippen molar-refractivity contribution in [1.82, 2.24) is 5.32 Å². The molecule has 22 heavy (non-hydrogen) atoms. The topological polar surface area (TPSA) is 104 Å². The molecule has 0 saturated carbocycles. The first-order valence-electron chi connectivity index (χ1n) is 7.02. The molecule has 0 saturated heterocycles. The van der Waals surface area contributed by atoms with Gasteiger partial charge in [0.15, 0.2) is 0 Å². The first-order chi connectivity index (χ1) is 10.3. The summed E-state index contributed by atoms with van der Waals surface area (Å²) in [5.41, 5.74) is 6.08. The minimum atomic E-state index is -0.853. The fraction of sp³-hybridized carbons (Fsp3) is 0.467. The summed E-state index contributed by atoms with van der Waals surface area (Å²) >= 11 is 0. The quantitative estimate of drug-likeness (QED) is 0.622. The van der Waals surface area contributed by atoms with Gasteiger partial charge < -0.3 is 21.5 Å². The molecule has 0 aliphatic heterocycles. The van der Waals surface area contributed by atoms with Crippen molar-refractivity contribution in [3.05, 3.63) is 29.6 Å². The zero-order valence-corrected chi connectivity index (χ0v) is 12.9. The van der Waals surface area contributed by atoms with E-state index < -0.39 is 29.7 Å². The Morgan fingerprint density at radius 2 is 1.91 bits per heavy atom. The van der Waals surface area contributed by atoms with Crippen LogP contribution in [0, 0.1) is 11.7 Å². The maximum Gasteiger partial charge on any atom is 0.246 e. The zero-order valence-electron chi connectivity index (χ0n) is 12.9. The SMILES string of the molecule is CC(C)[C@H](N)C(=O)N[C@@H](C)C(=O)Nc1ccc(CO)cc1F. The second kappa shape index (κ2) is 7.86. The summed E-state index contributed by atoms with van der Waals surface area (Å²) in [6.45, 7) is 4.80. The van der Waals surface area contributed by atoms with Gasteiger partial charge in [-0.15, -0.1) is 0 Å². The molecule has 2 atom stereocenters. The molecule has 2 amide bonds. The first kappa shape index (κ1) is 18.1. The van der Waals surface area contributed by atoms with Crippen LogP contribution in [-0.2, 0) is 16.2 Å². The summed E-state index contributed by atoms with van der Waals surface area (Å²) in [6.07, 6.45) is 0. The Kier molecular flexibility index (Phi) is 6.45. The summed E-state index contributed by atoms with van der Waals surface area (Å²) in [4.78, 5) is 23.7. The van der Waals surface area contributed by atoms with E-state index in [0.717, 1.165) is 6.07 Å². The van der Waals surface area contributed by atoms with Crippen molar-refractivity contribution in [2.45, 2.75) is 39.5 Å². The van der Waals surface area contributed by atoms with Gasteiger partial charge in [0.05, 0.1) is 18.3 Å². The van der Waals surface area contributed by atoms with Crippen LogP contribution in [0.2, 0.25) is 0 Å². The molecule has 5 N–H and O–H groups in total. The van der Waals surface area contributed by atoms with Gasteiger partial charge in [-0.1, -0.05) is 19.9 Å². The van der Waals surface area contributed by atoms with Crippen molar-refractivity contribution in [2.24, 2.45) is 11.7 Å². The number of carbonyl (C=O) groups is 2. The molecule has 0 aliphatic carbocycles. The Morgan fingerprint density at radius 1 is 1.27 bits per heavy atom. The minimum Gasteiger partial charge on any atom is -0.392 e. The number of halogens is 1. The van der Waals surface area contributed by atoms with Gasteiger partial charge in [0.1, 0.15) is 11.9 Å². The van der Waals surface area contributed by atoms with Crippen LogP contribution in [0.15, 0.2) is 18.2 Å². The summed E-state index contributed by atoms with van der Waals surface area (Å²) in [6, 6.07) is 2.42. The summed E-state index contributed by atoms with van der Waals surface area (Å²) in [5.74, 6) is -1.70. The number of aliphatic hydroxyl groups is 1. The summed E-state index contributed by atoms with van der Waals surface area (Å²) in [7, 11) is 0. The van der Waals surface area contributed by atoms with Crippen LogP contribution in [0.3, 0.4) is 0 Å². The highest BCUT2D eigenvalue weighted by atomic mass is 19.1. The number of anilines is 1. The molecule has 0 spiro atoms. The lowest BCUT2D eigenvalue weighted by Crippen LogP contribution is -2.50. The second-order valence-corrected chi connectivity index (χ2v) is 5.46. The Morgan fingerprint density at radius 3 is 2.41 bits per heavy atom. The van der Waals surface area contributed by atoms with E-state index in [1.807, 2.05) is 0 Å². The van der Waals surface area contributed by atoms with E-state index >= 15 is 0 Å². The van der Waals surface area contributed by atoms with Crippen molar-refractivity contribution in [2.75, 3.05) is 5.32 Å². The Labute approximate surface area is 128 Å². The molecule has 0 heterocycles. The molecule has 1 rings (SSSR count). The lowest BCUT2D eigenvalue weighted by Gasteiger charge is -2.19. The number of benzene rings is 1. The van der Waals surface area contributed by atoms with Crippen LogP contribution >= 0.6 is 0 Å². The molecule has 1 aromatic carbocycles. The second-order valence-electron chi connectivity index (χ2n) is 5.46. The van der Waals surface area contributed by atoms with E-state index in [-0.39, 0.29) is 18.2 Å². The summed E-state index contributed by atoms with van der Waals surface area (Å²) < 4.78 is 13.7. The fourth-order valence-corrected chi connectivity index (χ4v) is 1.68. The number of amides is 2. The maximum atomic E-state index is 13.7. The molecule has 0 aromatic heterocycles. The van der Waals surface area contributed by atoms with Gasteiger partial charge in [-0.2, -0.15) is 0 Å². The van der Waals surface area contributed by atoms with E-state index in [1.165, 1.54) is 19.1 Å². The van der Waals surface area contributed by atoms with E-state index in [0.29, 0.717) is 5.56 Å². The van der Waals surface area contributed by atoms with Gasteiger partial charge in [0.2, 0.25) is 11.8 Å². The molecular formula is C15H22FN3O3. The van der Waals surface area contributed by atoms with Crippen LogP contribution in [0.5, 0.6) is 0 Å². The van der Waals surface area contributed by atoms with Gasteiger partial charge in [-0.3, -0.25) is 9.59 Å². The molecule has 0 unspecified atom stereocenters.